The third kappa shape index (κ3) is 3.92. The van der Waals surface area contributed by atoms with E-state index in [4.69, 9.17) is 9.05 Å². The maximum atomic E-state index is 13.0. The predicted octanol–water partition coefficient (Wildman–Crippen LogP) is 3.43. The summed E-state index contributed by atoms with van der Waals surface area (Å²) in [5.74, 6) is -0.931. The van der Waals surface area contributed by atoms with E-state index in [1.165, 1.54) is 11.8 Å². The van der Waals surface area contributed by atoms with Gasteiger partial charge in [0, 0.05) is 14.0 Å². The predicted molar refractivity (Wildman–Crippen MR) is 78.5 cm³/mol. The van der Waals surface area contributed by atoms with Gasteiger partial charge in [-0.15, -0.1) is 0 Å². The highest BCUT2D eigenvalue weighted by molar-refractivity contribution is 7.54. The molecule has 0 aromatic heterocycles. The van der Waals surface area contributed by atoms with Crippen LogP contribution in [0.25, 0.3) is 0 Å². The Labute approximate surface area is 120 Å². The minimum absolute atomic E-state index is 0.196. The van der Waals surface area contributed by atoms with Crippen molar-refractivity contribution in [2.24, 2.45) is 0 Å². The lowest BCUT2D eigenvalue weighted by atomic mass is 10.2. The Morgan fingerprint density at radius 2 is 1.70 bits per heavy atom. The Hall–Kier alpha value is -1.16. The SMILES string of the molecule is CCOP(=O)(OCC)C(c1ccccc1)N(C)C(C)=O. The highest BCUT2D eigenvalue weighted by Crippen LogP contribution is 2.61. The van der Waals surface area contributed by atoms with Crippen LogP contribution in [0.4, 0.5) is 0 Å². The van der Waals surface area contributed by atoms with Crippen LogP contribution in [0.1, 0.15) is 32.1 Å². The molecule has 1 rings (SSSR count). The van der Waals surface area contributed by atoms with Gasteiger partial charge in [-0.2, -0.15) is 0 Å². The molecule has 0 radical (unpaired) electrons. The topological polar surface area (TPSA) is 55.8 Å². The van der Waals surface area contributed by atoms with E-state index in [2.05, 4.69) is 0 Å². The van der Waals surface area contributed by atoms with E-state index in [0.717, 1.165) is 5.56 Å². The van der Waals surface area contributed by atoms with Crippen molar-refractivity contribution in [2.45, 2.75) is 26.6 Å². The Kier molecular flexibility index (Phi) is 6.40. The van der Waals surface area contributed by atoms with Crippen LogP contribution in [-0.4, -0.2) is 31.1 Å². The molecule has 0 saturated carbocycles. The number of hydrogen-bond acceptors (Lipinski definition) is 4. The van der Waals surface area contributed by atoms with Crippen LogP contribution in [0.15, 0.2) is 30.3 Å². The Morgan fingerprint density at radius 1 is 1.20 bits per heavy atom. The Balaban J connectivity index is 3.28. The van der Waals surface area contributed by atoms with Crippen LogP contribution in [0.2, 0.25) is 0 Å². The van der Waals surface area contributed by atoms with Gasteiger partial charge in [0.1, 0.15) is 0 Å². The van der Waals surface area contributed by atoms with E-state index in [0.29, 0.717) is 0 Å². The van der Waals surface area contributed by atoms with Crippen molar-refractivity contribution >= 4 is 13.5 Å². The molecule has 1 amide bonds. The van der Waals surface area contributed by atoms with E-state index >= 15 is 0 Å². The fourth-order valence-corrected chi connectivity index (χ4v) is 4.15. The number of benzene rings is 1. The second-order valence-electron chi connectivity index (χ2n) is 4.29. The third-order valence-corrected chi connectivity index (χ3v) is 5.36. The summed E-state index contributed by atoms with van der Waals surface area (Å²) in [5.41, 5.74) is 0.732. The summed E-state index contributed by atoms with van der Waals surface area (Å²) in [6.45, 7) is 5.44. The van der Waals surface area contributed by atoms with Gasteiger partial charge in [-0.05, 0) is 19.4 Å². The molecule has 0 aliphatic heterocycles. The third-order valence-electron chi connectivity index (χ3n) is 2.88. The van der Waals surface area contributed by atoms with Crippen molar-refractivity contribution in [2.75, 3.05) is 20.3 Å². The summed E-state index contributed by atoms with van der Waals surface area (Å²) in [6, 6.07) is 9.15. The quantitative estimate of drug-likeness (QED) is 0.724. The molecule has 1 aromatic carbocycles. The molecule has 5 nitrogen and oxygen atoms in total. The number of rotatable bonds is 7. The molecule has 0 aliphatic carbocycles. The second kappa shape index (κ2) is 7.58. The van der Waals surface area contributed by atoms with Gasteiger partial charge in [0.05, 0.1) is 13.2 Å². The summed E-state index contributed by atoms with van der Waals surface area (Å²) in [5, 5.41) is 0. The first-order chi connectivity index (χ1) is 9.46. The normalized spacial score (nSPS) is 13.0. The van der Waals surface area contributed by atoms with Gasteiger partial charge >= 0.3 is 7.60 Å². The number of amides is 1. The molecular weight excluding hydrogens is 277 g/mol. The smallest absolute Gasteiger partial charge is 0.328 e. The number of carbonyl (C=O) groups excluding carboxylic acids is 1. The van der Waals surface area contributed by atoms with Gasteiger partial charge in [-0.25, -0.2) is 0 Å². The fraction of sp³-hybridized carbons (Fsp3) is 0.500. The largest absolute Gasteiger partial charge is 0.357 e. The summed E-state index contributed by atoms with van der Waals surface area (Å²) < 4.78 is 23.8. The van der Waals surface area contributed by atoms with Crippen LogP contribution in [-0.2, 0) is 18.4 Å². The monoisotopic (exact) mass is 299 g/mol. The van der Waals surface area contributed by atoms with Gasteiger partial charge in [-0.3, -0.25) is 9.36 Å². The minimum atomic E-state index is -3.46. The first-order valence-corrected chi connectivity index (χ1v) is 8.24. The zero-order valence-corrected chi connectivity index (χ0v) is 13.3. The van der Waals surface area contributed by atoms with Gasteiger partial charge in [-0.1, -0.05) is 30.3 Å². The summed E-state index contributed by atoms with van der Waals surface area (Å²) in [7, 11) is -1.85. The molecule has 1 aromatic rings. The molecule has 112 valence electrons. The summed E-state index contributed by atoms with van der Waals surface area (Å²) in [4.78, 5) is 13.1. The van der Waals surface area contributed by atoms with E-state index in [-0.39, 0.29) is 19.1 Å². The fourth-order valence-electron chi connectivity index (χ4n) is 1.95. The maximum Gasteiger partial charge on any atom is 0.357 e. The summed E-state index contributed by atoms with van der Waals surface area (Å²) in [6.07, 6.45) is 0. The van der Waals surface area contributed by atoms with Crippen LogP contribution in [0.5, 0.6) is 0 Å². The molecule has 0 aliphatic rings. The van der Waals surface area contributed by atoms with Crippen molar-refractivity contribution in [3.05, 3.63) is 35.9 Å². The van der Waals surface area contributed by atoms with Crippen molar-refractivity contribution in [3.63, 3.8) is 0 Å². The zero-order valence-electron chi connectivity index (χ0n) is 12.4. The van der Waals surface area contributed by atoms with E-state index in [1.54, 1.807) is 20.9 Å². The number of carbonyl (C=O) groups is 1. The van der Waals surface area contributed by atoms with Crippen molar-refractivity contribution in [3.8, 4) is 0 Å². The molecule has 0 spiro atoms. The first-order valence-electron chi connectivity index (χ1n) is 6.63. The zero-order chi connectivity index (χ0) is 15.2. The van der Waals surface area contributed by atoms with Gasteiger partial charge in [0.15, 0.2) is 5.78 Å². The lowest BCUT2D eigenvalue weighted by Crippen LogP contribution is -2.30. The van der Waals surface area contributed by atoms with Gasteiger partial charge in [0.2, 0.25) is 5.91 Å². The minimum Gasteiger partial charge on any atom is -0.328 e. The van der Waals surface area contributed by atoms with Crippen LogP contribution >= 0.6 is 7.60 Å². The highest BCUT2D eigenvalue weighted by atomic mass is 31.2. The number of nitrogens with zero attached hydrogens (tertiary/aromatic N) is 1. The molecule has 0 saturated heterocycles. The molecule has 0 fully saturated rings. The number of hydrogen-bond donors (Lipinski definition) is 0. The molecular formula is C14H22NO4P. The molecule has 20 heavy (non-hydrogen) atoms. The van der Waals surface area contributed by atoms with Gasteiger partial charge < -0.3 is 13.9 Å². The van der Waals surface area contributed by atoms with Crippen molar-refractivity contribution < 1.29 is 18.4 Å². The molecule has 0 heterocycles. The average Bonchev–Trinajstić information content (AvgIpc) is 2.40. The molecule has 0 bridgehead atoms. The molecule has 0 N–H and O–H groups in total. The lowest BCUT2D eigenvalue weighted by Gasteiger charge is -2.33. The van der Waals surface area contributed by atoms with E-state index < -0.39 is 13.4 Å². The van der Waals surface area contributed by atoms with Crippen LogP contribution in [0.3, 0.4) is 0 Å². The second-order valence-corrected chi connectivity index (χ2v) is 6.37. The highest BCUT2D eigenvalue weighted by Gasteiger charge is 2.40. The van der Waals surface area contributed by atoms with Gasteiger partial charge in [0.25, 0.3) is 0 Å². The average molecular weight is 299 g/mol. The van der Waals surface area contributed by atoms with E-state index in [9.17, 15) is 9.36 Å². The van der Waals surface area contributed by atoms with E-state index in [1.807, 2.05) is 30.3 Å². The molecule has 1 atom stereocenters. The Bertz CT molecular complexity index is 467. The summed E-state index contributed by atoms with van der Waals surface area (Å²) >= 11 is 0. The van der Waals surface area contributed by atoms with Crippen molar-refractivity contribution in [1.82, 2.24) is 4.90 Å². The van der Waals surface area contributed by atoms with Crippen molar-refractivity contribution in [1.29, 1.82) is 0 Å². The van der Waals surface area contributed by atoms with Crippen LogP contribution < -0.4 is 0 Å². The maximum absolute atomic E-state index is 13.0. The molecule has 6 heteroatoms. The first kappa shape index (κ1) is 16.9. The molecule has 1 unspecified atom stereocenters. The lowest BCUT2D eigenvalue weighted by molar-refractivity contribution is -0.128. The Morgan fingerprint density at radius 3 is 2.10 bits per heavy atom. The van der Waals surface area contributed by atoms with Crippen LogP contribution in [0, 0.1) is 0 Å². The standard InChI is InChI=1S/C14H22NO4P/c1-5-18-20(17,19-6-2)14(15(4)12(3)16)13-10-8-7-9-11-13/h7-11,14H,5-6H2,1-4H3.